The molecule has 0 bridgehead atoms. The summed E-state index contributed by atoms with van der Waals surface area (Å²) in [6.45, 7) is 0. The van der Waals surface area contributed by atoms with E-state index in [2.05, 4.69) is 58.4 Å². The lowest BCUT2D eigenvalue weighted by atomic mass is 10.1. The first kappa shape index (κ1) is 11.8. The van der Waals surface area contributed by atoms with E-state index in [0.717, 1.165) is 15.6 Å². The fourth-order valence-corrected chi connectivity index (χ4v) is 4.77. The van der Waals surface area contributed by atoms with Crippen molar-refractivity contribution in [3.05, 3.63) is 59.1 Å². The van der Waals surface area contributed by atoms with Gasteiger partial charge >= 0.3 is 0 Å². The molecule has 2 aromatic heterocycles. The Kier molecular flexibility index (Phi) is 2.29. The second-order valence-electron chi connectivity index (χ2n) is 5.14. The number of para-hydroxylation sites is 1. The summed E-state index contributed by atoms with van der Waals surface area (Å²) < 4.78 is 9.69. The van der Waals surface area contributed by atoms with Gasteiger partial charge in [0, 0.05) is 30.9 Å². The zero-order chi connectivity index (χ0) is 14.0. The highest BCUT2D eigenvalue weighted by Gasteiger charge is 2.16. The average molecular weight is 353 g/mol. The summed E-state index contributed by atoms with van der Waals surface area (Å²) in [6, 6.07) is 19.0. The highest BCUT2D eigenvalue weighted by atomic mass is 79.9. The maximum absolute atomic E-state index is 6.05. The molecule has 0 N–H and O–H groups in total. The van der Waals surface area contributed by atoms with Crippen LogP contribution in [0.2, 0.25) is 0 Å². The van der Waals surface area contributed by atoms with Crippen LogP contribution >= 0.6 is 27.3 Å². The molecule has 0 atom stereocenters. The van der Waals surface area contributed by atoms with Crippen molar-refractivity contribution in [2.75, 3.05) is 0 Å². The lowest BCUT2D eigenvalue weighted by molar-refractivity contribution is 0.667. The van der Waals surface area contributed by atoms with Gasteiger partial charge in [-0.05, 0) is 34.1 Å². The van der Waals surface area contributed by atoms with Crippen molar-refractivity contribution in [2.24, 2.45) is 0 Å². The first-order valence-corrected chi connectivity index (χ1v) is 8.35. The highest BCUT2D eigenvalue weighted by Crippen LogP contribution is 2.44. The average Bonchev–Trinajstić information content (AvgIpc) is 3.06. The summed E-state index contributed by atoms with van der Waals surface area (Å²) in [5, 5.41) is 5.01. The third-order valence-electron chi connectivity index (χ3n) is 3.94. The van der Waals surface area contributed by atoms with Gasteiger partial charge in [-0.3, -0.25) is 0 Å². The van der Waals surface area contributed by atoms with E-state index in [1.165, 1.54) is 30.9 Å². The monoisotopic (exact) mass is 352 g/mol. The predicted molar refractivity (Wildman–Crippen MR) is 94.3 cm³/mol. The van der Waals surface area contributed by atoms with Gasteiger partial charge in [-0.2, -0.15) is 0 Å². The third kappa shape index (κ3) is 1.50. The summed E-state index contributed by atoms with van der Waals surface area (Å²) in [5.41, 5.74) is 1.88. The van der Waals surface area contributed by atoms with E-state index in [1.54, 1.807) is 0 Å². The largest absolute Gasteiger partial charge is 0.455 e. The minimum Gasteiger partial charge on any atom is -0.455 e. The van der Waals surface area contributed by atoms with Gasteiger partial charge in [0.1, 0.15) is 5.58 Å². The Morgan fingerprint density at radius 3 is 2.52 bits per heavy atom. The van der Waals surface area contributed by atoms with E-state index in [0.29, 0.717) is 0 Å². The number of hydrogen-bond acceptors (Lipinski definition) is 2. The summed E-state index contributed by atoms with van der Waals surface area (Å²) in [4.78, 5) is 0. The summed E-state index contributed by atoms with van der Waals surface area (Å²) in [6.07, 6.45) is 0. The lowest BCUT2D eigenvalue weighted by Crippen LogP contribution is -1.71. The van der Waals surface area contributed by atoms with Crippen molar-refractivity contribution in [3.8, 4) is 0 Å². The van der Waals surface area contributed by atoms with Gasteiger partial charge in [-0.25, -0.2) is 0 Å². The lowest BCUT2D eigenvalue weighted by Gasteiger charge is -1.96. The molecule has 5 rings (SSSR count). The second-order valence-corrected chi connectivity index (χ2v) is 7.04. The molecule has 3 aromatic carbocycles. The van der Waals surface area contributed by atoms with Crippen molar-refractivity contribution >= 4 is 69.4 Å². The molecule has 100 valence electrons. The Morgan fingerprint density at radius 2 is 1.62 bits per heavy atom. The van der Waals surface area contributed by atoms with Crippen molar-refractivity contribution in [1.82, 2.24) is 0 Å². The van der Waals surface area contributed by atoms with Gasteiger partial charge in [0.15, 0.2) is 5.58 Å². The van der Waals surface area contributed by atoms with Crippen molar-refractivity contribution in [3.63, 3.8) is 0 Å². The van der Waals surface area contributed by atoms with Crippen LogP contribution in [0.1, 0.15) is 0 Å². The van der Waals surface area contributed by atoms with E-state index < -0.39 is 0 Å². The third-order valence-corrected chi connectivity index (χ3v) is 5.74. The molecule has 0 aliphatic rings. The van der Waals surface area contributed by atoms with Crippen molar-refractivity contribution in [1.29, 1.82) is 0 Å². The molecule has 0 spiro atoms. The SMILES string of the molecule is Brc1cc2c3ccccc3sc2c2c1oc1ccccc12. The minimum absolute atomic E-state index is 0.940. The highest BCUT2D eigenvalue weighted by molar-refractivity contribution is 9.10. The van der Waals surface area contributed by atoms with Crippen LogP contribution < -0.4 is 0 Å². The van der Waals surface area contributed by atoms with E-state index in [4.69, 9.17) is 4.42 Å². The first-order chi connectivity index (χ1) is 10.3. The minimum atomic E-state index is 0.940. The normalized spacial score (nSPS) is 12.0. The van der Waals surface area contributed by atoms with E-state index in [9.17, 15) is 0 Å². The fraction of sp³-hybridized carbons (Fsp3) is 0. The van der Waals surface area contributed by atoms with Gasteiger partial charge in [-0.15, -0.1) is 11.3 Å². The number of hydrogen-bond donors (Lipinski definition) is 0. The summed E-state index contributed by atoms with van der Waals surface area (Å²) in [7, 11) is 0. The summed E-state index contributed by atoms with van der Waals surface area (Å²) >= 11 is 5.52. The molecule has 0 fully saturated rings. The van der Waals surface area contributed by atoms with Crippen LogP contribution in [-0.4, -0.2) is 0 Å². The number of rotatable bonds is 0. The molecule has 5 aromatic rings. The molecule has 21 heavy (non-hydrogen) atoms. The molecule has 0 saturated heterocycles. The molecule has 3 heteroatoms. The molecule has 1 nitrogen and oxygen atoms in total. The van der Waals surface area contributed by atoms with Crippen LogP contribution in [0.25, 0.3) is 42.1 Å². The molecule has 2 heterocycles. The van der Waals surface area contributed by atoms with Crippen LogP contribution in [-0.2, 0) is 0 Å². The smallest absolute Gasteiger partial charge is 0.151 e. The molecule has 0 unspecified atom stereocenters. The van der Waals surface area contributed by atoms with Crippen molar-refractivity contribution < 1.29 is 4.42 Å². The maximum Gasteiger partial charge on any atom is 0.151 e. The topological polar surface area (TPSA) is 13.1 Å². The van der Waals surface area contributed by atoms with Gasteiger partial charge in [-0.1, -0.05) is 36.4 Å². The van der Waals surface area contributed by atoms with Crippen LogP contribution in [0.4, 0.5) is 0 Å². The summed E-state index contributed by atoms with van der Waals surface area (Å²) in [5.74, 6) is 0. The maximum atomic E-state index is 6.05. The van der Waals surface area contributed by atoms with E-state index >= 15 is 0 Å². The van der Waals surface area contributed by atoms with Gasteiger partial charge < -0.3 is 4.42 Å². The van der Waals surface area contributed by atoms with E-state index in [-0.39, 0.29) is 0 Å². The van der Waals surface area contributed by atoms with Gasteiger partial charge in [0.2, 0.25) is 0 Å². The van der Waals surface area contributed by atoms with Gasteiger partial charge in [0.25, 0.3) is 0 Å². The number of halogens is 1. The van der Waals surface area contributed by atoms with Crippen molar-refractivity contribution in [2.45, 2.75) is 0 Å². The second kappa shape index (κ2) is 4.09. The Hall–Kier alpha value is -1.84. The Labute approximate surface area is 132 Å². The van der Waals surface area contributed by atoms with Crippen LogP contribution in [0, 0.1) is 0 Å². The molecule has 0 saturated carbocycles. The standard InChI is InChI=1S/C18H9BrOS/c19-13-9-12-10-5-2-4-8-15(10)21-18(12)16-11-6-1-3-7-14(11)20-17(13)16/h1-9H. The van der Waals surface area contributed by atoms with Gasteiger partial charge in [0.05, 0.1) is 4.47 Å². The Balaban J connectivity index is 2.17. The predicted octanol–water partition coefficient (Wildman–Crippen LogP) is 6.72. The number of thiophene rings is 1. The molecular weight excluding hydrogens is 344 g/mol. The molecule has 0 radical (unpaired) electrons. The molecule has 0 aliphatic heterocycles. The fourth-order valence-electron chi connectivity index (χ4n) is 3.03. The Morgan fingerprint density at radius 1 is 0.857 bits per heavy atom. The van der Waals surface area contributed by atoms with Crippen LogP contribution in [0.5, 0.6) is 0 Å². The zero-order valence-corrected chi connectivity index (χ0v) is 13.3. The van der Waals surface area contributed by atoms with Crippen LogP contribution in [0.3, 0.4) is 0 Å². The van der Waals surface area contributed by atoms with E-state index in [1.807, 2.05) is 23.5 Å². The first-order valence-electron chi connectivity index (χ1n) is 6.74. The Bertz CT molecular complexity index is 1150. The van der Waals surface area contributed by atoms with Crippen LogP contribution in [0.15, 0.2) is 63.5 Å². The zero-order valence-electron chi connectivity index (χ0n) is 10.9. The number of benzene rings is 3. The number of furan rings is 1. The quantitative estimate of drug-likeness (QED) is 0.301. The molecular formula is C18H9BrOS. The number of fused-ring (bicyclic) bond motifs is 7. The molecule has 0 aliphatic carbocycles. The molecule has 0 amide bonds.